The molecule has 1 unspecified atom stereocenters. The van der Waals surface area contributed by atoms with Crippen LogP contribution in [0.3, 0.4) is 0 Å². The van der Waals surface area contributed by atoms with Gasteiger partial charge in [-0.2, -0.15) is 0 Å². The number of likely N-dealkylation sites (N-methyl/N-ethyl adjacent to an activating group) is 1. The van der Waals surface area contributed by atoms with E-state index in [1.54, 1.807) is 16.2 Å². The monoisotopic (exact) mass is 267 g/mol. The maximum absolute atomic E-state index is 12.3. The molecule has 1 N–H and O–H groups in total. The average Bonchev–Trinajstić information content (AvgIpc) is 2.77. The van der Waals surface area contributed by atoms with Gasteiger partial charge in [-0.05, 0) is 43.7 Å². The summed E-state index contributed by atoms with van der Waals surface area (Å²) in [6.07, 6.45) is 3.45. The van der Waals surface area contributed by atoms with Gasteiger partial charge in [0.1, 0.15) is 0 Å². The van der Waals surface area contributed by atoms with E-state index in [4.69, 9.17) is 5.11 Å². The van der Waals surface area contributed by atoms with Crippen LogP contribution in [0.1, 0.15) is 40.4 Å². The number of rotatable bonds is 4. The van der Waals surface area contributed by atoms with Crippen LogP contribution in [0.5, 0.6) is 0 Å². The molecule has 4 heteroatoms. The van der Waals surface area contributed by atoms with E-state index in [-0.39, 0.29) is 12.5 Å². The van der Waals surface area contributed by atoms with Gasteiger partial charge >= 0.3 is 0 Å². The van der Waals surface area contributed by atoms with Crippen LogP contribution in [-0.2, 0) is 12.8 Å². The van der Waals surface area contributed by atoms with Gasteiger partial charge in [0.05, 0.1) is 11.5 Å². The number of hydrogen-bond donors (Lipinski definition) is 1. The lowest BCUT2D eigenvalue weighted by molar-refractivity contribution is 0.0736. The van der Waals surface area contributed by atoms with Gasteiger partial charge in [-0.15, -0.1) is 11.3 Å². The molecular weight excluding hydrogens is 246 g/mol. The van der Waals surface area contributed by atoms with Crippen molar-refractivity contribution in [2.24, 2.45) is 5.92 Å². The van der Waals surface area contributed by atoms with Crippen LogP contribution in [0.4, 0.5) is 0 Å². The summed E-state index contributed by atoms with van der Waals surface area (Å²) in [7, 11) is 0. The van der Waals surface area contributed by atoms with Gasteiger partial charge < -0.3 is 10.0 Å². The second-order valence-electron chi connectivity index (χ2n) is 5.02. The molecule has 0 aromatic carbocycles. The van der Waals surface area contributed by atoms with Crippen LogP contribution < -0.4 is 0 Å². The summed E-state index contributed by atoms with van der Waals surface area (Å²) in [4.78, 5) is 16.2. The Kier molecular flexibility index (Phi) is 4.40. The number of thiophene rings is 1. The Bertz CT molecular complexity index is 427. The van der Waals surface area contributed by atoms with Crippen molar-refractivity contribution in [1.29, 1.82) is 0 Å². The van der Waals surface area contributed by atoms with E-state index in [0.29, 0.717) is 13.1 Å². The zero-order valence-electron chi connectivity index (χ0n) is 11.1. The first-order valence-corrected chi connectivity index (χ1v) is 7.49. The molecule has 0 saturated heterocycles. The lowest BCUT2D eigenvalue weighted by atomic mass is 9.90. The fourth-order valence-electron chi connectivity index (χ4n) is 2.49. The van der Waals surface area contributed by atoms with E-state index in [0.717, 1.165) is 23.6 Å². The number of hydrogen-bond acceptors (Lipinski definition) is 3. The molecule has 0 bridgehead atoms. The average molecular weight is 267 g/mol. The van der Waals surface area contributed by atoms with E-state index < -0.39 is 0 Å². The first-order valence-electron chi connectivity index (χ1n) is 6.67. The van der Waals surface area contributed by atoms with Crippen molar-refractivity contribution in [3.05, 3.63) is 21.4 Å². The number of fused-ring (bicyclic) bond motifs is 1. The minimum atomic E-state index is 0.0295. The highest BCUT2D eigenvalue weighted by Crippen LogP contribution is 2.32. The lowest BCUT2D eigenvalue weighted by Gasteiger charge is -2.18. The highest BCUT2D eigenvalue weighted by atomic mass is 32.1. The predicted molar refractivity (Wildman–Crippen MR) is 74.2 cm³/mol. The zero-order valence-corrected chi connectivity index (χ0v) is 11.9. The highest BCUT2D eigenvalue weighted by molar-refractivity contribution is 7.14. The van der Waals surface area contributed by atoms with E-state index in [1.165, 1.54) is 16.9 Å². The van der Waals surface area contributed by atoms with Gasteiger partial charge in [-0.3, -0.25) is 4.79 Å². The summed E-state index contributed by atoms with van der Waals surface area (Å²) in [6, 6.07) is 2.07. The molecule has 1 aromatic heterocycles. The quantitative estimate of drug-likeness (QED) is 0.909. The molecular formula is C14H21NO2S. The minimum Gasteiger partial charge on any atom is -0.395 e. The molecule has 3 nitrogen and oxygen atoms in total. The van der Waals surface area contributed by atoms with Crippen LogP contribution >= 0.6 is 11.3 Å². The second-order valence-corrected chi connectivity index (χ2v) is 6.15. The lowest BCUT2D eigenvalue weighted by Crippen LogP contribution is -2.32. The molecule has 0 saturated carbocycles. The molecule has 1 amide bonds. The molecule has 100 valence electrons. The van der Waals surface area contributed by atoms with E-state index in [2.05, 4.69) is 13.0 Å². The van der Waals surface area contributed by atoms with Gasteiger partial charge in [0.2, 0.25) is 0 Å². The molecule has 0 fully saturated rings. The fraction of sp³-hybridized carbons (Fsp3) is 0.643. The Labute approximate surface area is 112 Å². The first kappa shape index (κ1) is 13.6. The number of aliphatic hydroxyl groups excluding tert-OH is 1. The summed E-state index contributed by atoms with van der Waals surface area (Å²) >= 11 is 1.64. The summed E-state index contributed by atoms with van der Waals surface area (Å²) in [5, 5.41) is 8.97. The van der Waals surface area contributed by atoms with Crippen LogP contribution in [0.15, 0.2) is 6.07 Å². The van der Waals surface area contributed by atoms with Crippen molar-refractivity contribution in [1.82, 2.24) is 4.90 Å². The Hall–Kier alpha value is -0.870. The van der Waals surface area contributed by atoms with Crippen LogP contribution in [-0.4, -0.2) is 35.6 Å². The number of nitrogens with zero attached hydrogens (tertiary/aromatic N) is 1. The summed E-state index contributed by atoms with van der Waals surface area (Å²) in [5.74, 6) is 0.799. The number of amides is 1. The minimum absolute atomic E-state index is 0.0295. The predicted octanol–water partition coefficient (Wildman–Crippen LogP) is 2.33. The van der Waals surface area contributed by atoms with Crippen LogP contribution in [0.2, 0.25) is 0 Å². The van der Waals surface area contributed by atoms with E-state index in [1.807, 2.05) is 6.92 Å². The second kappa shape index (κ2) is 5.85. The molecule has 0 radical (unpaired) electrons. The molecule has 0 aliphatic heterocycles. The van der Waals surface area contributed by atoms with Crippen molar-refractivity contribution >= 4 is 17.2 Å². The molecule has 0 spiro atoms. The fourth-order valence-corrected chi connectivity index (χ4v) is 3.67. The van der Waals surface area contributed by atoms with E-state index >= 15 is 0 Å². The molecule has 2 rings (SSSR count). The molecule has 1 aliphatic rings. The molecule has 1 atom stereocenters. The van der Waals surface area contributed by atoms with Crippen molar-refractivity contribution < 1.29 is 9.90 Å². The number of carbonyl (C=O) groups is 1. The number of aliphatic hydroxyl groups is 1. The van der Waals surface area contributed by atoms with Gasteiger partial charge in [0.15, 0.2) is 0 Å². The Morgan fingerprint density at radius 1 is 1.61 bits per heavy atom. The van der Waals surface area contributed by atoms with Crippen LogP contribution in [0.25, 0.3) is 0 Å². The molecule has 18 heavy (non-hydrogen) atoms. The molecule has 1 heterocycles. The largest absolute Gasteiger partial charge is 0.395 e. The third-order valence-electron chi connectivity index (χ3n) is 3.58. The SMILES string of the molecule is CCN(CCO)C(=O)c1cc2c(s1)CCC(C)C2. The normalized spacial score (nSPS) is 18.5. The van der Waals surface area contributed by atoms with Gasteiger partial charge in [-0.1, -0.05) is 6.92 Å². The number of carbonyl (C=O) groups excluding carboxylic acids is 1. The van der Waals surface area contributed by atoms with Gasteiger partial charge in [0.25, 0.3) is 5.91 Å². The van der Waals surface area contributed by atoms with Crippen molar-refractivity contribution in [2.45, 2.75) is 33.1 Å². The summed E-state index contributed by atoms with van der Waals surface area (Å²) in [6.45, 7) is 5.32. The summed E-state index contributed by atoms with van der Waals surface area (Å²) in [5.41, 5.74) is 1.36. The third kappa shape index (κ3) is 2.75. The topological polar surface area (TPSA) is 40.5 Å². The third-order valence-corrected chi connectivity index (χ3v) is 4.80. The first-order chi connectivity index (χ1) is 8.65. The number of aryl methyl sites for hydroxylation is 1. The maximum Gasteiger partial charge on any atom is 0.264 e. The highest BCUT2D eigenvalue weighted by Gasteiger charge is 2.22. The van der Waals surface area contributed by atoms with Gasteiger partial charge in [0, 0.05) is 18.0 Å². The van der Waals surface area contributed by atoms with Crippen LogP contribution in [0, 0.1) is 5.92 Å². The van der Waals surface area contributed by atoms with Crippen molar-refractivity contribution in [3.63, 3.8) is 0 Å². The zero-order chi connectivity index (χ0) is 13.1. The Balaban J connectivity index is 2.16. The van der Waals surface area contributed by atoms with Gasteiger partial charge in [-0.25, -0.2) is 0 Å². The Morgan fingerprint density at radius 3 is 3.06 bits per heavy atom. The summed E-state index contributed by atoms with van der Waals surface area (Å²) < 4.78 is 0. The Morgan fingerprint density at radius 2 is 2.39 bits per heavy atom. The van der Waals surface area contributed by atoms with Crippen molar-refractivity contribution in [3.8, 4) is 0 Å². The molecule has 1 aliphatic carbocycles. The van der Waals surface area contributed by atoms with E-state index in [9.17, 15) is 4.79 Å². The maximum atomic E-state index is 12.3. The van der Waals surface area contributed by atoms with Crippen molar-refractivity contribution in [2.75, 3.05) is 19.7 Å². The molecule has 1 aromatic rings. The smallest absolute Gasteiger partial charge is 0.264 e. The standard InChI is InChI=1S/C14H21NO2S/c1-3-15(6-7-16)14(17)13-9-11-8-10(2)4-5-12(11)18-13/h9-10,16H,3-8H2,1-2H3.